The van der Waals surface area contributed by atoms with E-state index in [0.717, 1.165) is 38.5 Å². The minimum Gasteiger partial charge on any atom is -0.481 e. The summed E-state index contributed by atoms with van der Waals surface area (Å²) in [7, 11) is 1.53. The molecule has 272 valence electrons. The van der Waals surface area contributed by atoms with Crippen molar-refractivity contribution >= 4 is 5.97 Å². The van der Waals surface area contributed by atoms with Gasteiger partial charge in [0.1, 0.15) is 0 Å². The highest BCUT2D eigenvalue weighted by atomic mass is 16.7. The number of ether oxygens (including phenoxy) is 6. The SMILES string of the molecule is CC[C@@]1(C2OC(C3O[C@](O)(CC)C(C)CC3C)CC2C)CCC([C@@]2(C)CCC3(CC(O)[C@H](C)[C@@H](C(C)C(OC)[C@@H](C)C(=O)O)O3)O2)O1. The quantitative estimate of drug-likeness (QED) is 0.267. The molecular formula is C37H64O10. The number of aliphatic hydroxyl groups is 2. The number of hydrogen-bond donors (Lipinski definition) is 3. The summed E-state index contributed by atoms with van der Waals surface area (Å²) in [5.74, 6) is -3.59. The van der Waals surface area contributed by atoms with Gasteiger partial charge in [-0.25, -0.2) is 0 Å². The lowest BCUT2D eigenvalue weighted by atomic mass is 9.78. The number of aliphatic hydroxyl groups excluding tert-OH is 1. The van der Waals surface area contributed by atoms with E-state index in [0.29, 0.717) is 19.3 Å². The zero-order valence-corrected chi connectivity index (χ0v) is 30.6. The van der Waals surface area contributed by atoms with Gasteiger partial charge in [0, 0.05) is 37.7 Å². The Balaban J connectivity index is 1.29. The summed E-state index contributed by atoms with van der Waals surface area (Å²) in [5.41, 5.74) is -1.07. The Kier molecular flexibility index (Phi) is 10.9. The van der Waals surface area contributed by atoms with Gasteiger partial charge in [-0.3, -0.25) is 4.79 Å². The molecule has 0 aliphatic carbocycles. The predicted molar refractivity (Wildman–Crippen MR) is 176 cm³/mol. The number of methoxy groups -OCH3 is 1. The largest absolute Gasteiger partial charge is 0.481 e. The summed E-state index contributed by atoms with van der Waals surface area (Å²) in [4.78, 5) is 11.8. The molecule has 0 saturated carbocycles. The second kappa shape index (κ2) is 13.7. The van der Waals surface area contributed by atoms with E-state index < -0.39 is 53.0 Å². The molecule has 5 heterocycles. The summed E-state index contributed by atoms with van der Waals surface area (Å²) >= 11 is 0. The van der Waals surface area contributed by atoms with Crippen LogP contribution in [0.4, 0.5) is 0 Å². The molecule has 5 aliphatic rings. The first kappa shape index (κ1) is 37.4. The van der Waals surface area contributed by atoms with Crippen LogP contribution in [0.25, 0.3) is 0 Å². The highest BCUT2D eigenvalue weighted by Gasteiger charge is 2.62. The molecule has 0 amide bonds. The lowest BCUT2D eigenvalue weighted by Crippen LogP contribution is -2.57. The van der Waals surface area contributed by atoms with Crippen molar-refractivity contribution in [2.45, 2.75) is 186 Å². The highest BCUT2D eigenvalue weighted by Crippen LogP contribution is 2.55. The maximum absolute atomic E-state index is 11.8. The Hall–Kier alpha value is -0.850. The molecular weight excluding hydrogens is 604 g/mol. The first-order chi connectivity index (χ1) is 22.0. The van der Waals surface area contributed by atoms with Gasteiger partial charge in [0.2, 0.25) is 0 Å². The van der Waals surface area contributed by atoms with Crippen LogP contribution in [0.15, 0.2) is 0 Å². The molecule has 17 atom stereocenters. The van der Waals surface area contributed by atoms with Gasteiger partial charge in [-0.15, -0.1) is 0 Å². The first-order valence-electron chi connectivity index (χ1n) is 18.5. The Morgan fingerprint density at radius 1 is 0.979 bits per heavy atom. The summed E-state index contributed by atoms with van der Waals surface area (Å²) in [6.45, 7) is 18.4. The second-order valence-corrected chi connectivity index (χ2v) is 16.5. The smallest absolute Gasteiger partial charge is 0.308 e. The number of carbonyl (C=O) groups is 1. The van der Waals surface area contributed by atoms with Gasteiger partial charge in [0.15, 0.2) is 11.6 Å². The van der Waals surface area contributed by atoms with E-state index in [2.05, 4.69) is 34.6 Å². The molecule has 0 aromatic heterocycles. The van der Waals surface area contributed by atoms with Gasteiger partial charge in [-0.1, -0.05) is 48.5 Å². The summed E-state index contributed by atoms with van der Waals surface area (Å²) < 4.78 is 39.8. The molecule has 47 heavy (non-hydrogen) atoms. The lowest BCUT2D eigenvalue weighted by molar-refractivity contribution is -0.336. The molecule has 3 N–H and O–H groups in total. The number of hydrogen-bond acceptors (Lipinski definition) is 9. The van der Waals surface area contributed by atoms with E-state index in [1.165, 1.54) is 7.11 Å². The van der Waals surface area contributed by atoms with E-state index in [1.807, 2.05) is 20.8 Å². The van der Waals surface area contributed by atoms with Crippen molar-refractivity contribution in [1.82, 2.24) is 0 Å². The minimum absolute atomic E-state index is 0.0791. The Bertz CT molecular complexity index is 1110. The molecule has 1 spiro atoms. The average Bonchev–Trinajstić information content (AvgIpc) is 3.73. The molecule has 0 aromatic rings. The molecule has 0 radical (unpaired) electrons. The Labute approximate surface area is 282 Å². The molecule has 5 fully saturated rings. The number of rotatable bonds is 10. The van der Waals surface area contributed by atoms with Crippen molar-refractivity contribution in [3.63, 3.8) is 0 Å². The molecule has 0 bridgehead atoms. The molecule has 10 heteroatoms. The van der Waals surface area contributed by atoms with Crippen LogP contribution < -0.4 is 0 Å². The van der Waals surface area contributed by atoms with E-state index in [9.17, 15) is 20.1 Å². The topological polar surface area (TPSA) is 133 Å². The summed E-state index contributed by atoms with van der Waals surface area (Å²) in [5, 5.41) is 32.2. The normalized spacial score (nSPS) is 50.9. The standard InChI is InChI=1S/C37H64O10/c1-11-35(32-21(4)18-27(43-32)29-20(3)17-22(5)37(41,12-2)46-29)14-13-28(44-35)34(9)15-16-36(47-34)19-26(38)23(6)31(45-36)24(7)30(42-10)25(8)33(39)40/h20-32,38,41H,11-19H2,1-10H3,(H,39,40)/t20?,21?,22?,23-,24?,25+,26?,27?,28?,29?,30?,31-,32?,34+,35-,36?,37+/m0/s1. The third-order valence-corrected chi connectivity index (χ3v) is 13.3. The maximum atomic E-state index is 11.8. The average molecular weight is 669 g/mol. The van der Waals surface area contributed by atoms with Crippen LogP contribution in [0.3, 0.4) is 0 Å². The van der Waals surface area contributed by atoms with Crippen molar-refractivity contribution in [2.75, 3.05) is 7.11 Å². The predicted octanol–water partition coefficient (Wildman–Crippen LogP) is 5.69. The van der Waals surface area contributed by atoms with Gasteiger partial charge >= 0.3 is 5.97 Å². The summed E-state index contributed by atoms with van der Waals surface area (Å²) in [6, 6.07) is 0. The minimum atomic E-state index is -1.12. The van der Waals surface area contributed by atoms with Crippen LogP contribution in [-0.4, -0.2) is 93.9 Å². The van der Waals surface area contributed by atoms with Crippen LogP contribution in [0.2, 0.25) is 0 Å². The van der Waals surface area contributed by atoms with Crippen LogP contribution in [-0.2, 0) is 33.2 Å². The van der Waals surface area contributed by atoms with E-state index in [4.69, 9.17) is 28.4 Å². The first-order valence-corrected chi connectivity index (χ1v) is 18.5. The number of aliphatic carboxylic acids is 1. The van der Waals surface area contributed by atoms with Gasteiger partial charge in [-0.05, 0) is 70.6 Å². The molecule has 0 aromatic carbocycles. The summed E-state index contributed by atoms with van der Waals surface area (Å²) in [6.07, 6.45) is 4.38. The third-order valence-electron chi connectivity index (χ3n) is 13.3. The lowest BCUT2D eigenvalue weighted by Gasteiger charge is -2.49. The van der Waals surface area contributed by atoms with Crippen molar-refractivity contribution in [3.8, 4) is 0 Å². The van der Waals surface area contributed by atoms with Crippen molar-refractivity contribution in [2.24, 2.45) is 35.5 Å². The molecule has 11 unspecified atom stereocenters. The van der Waals surface area contributed by atoms with Crippen LogP contribution >= 0.6 is 0 Å². The molecule has 10 nitrogen and oxygen atoms in total. The fourth-order valence-corrected chi connectivity index (χ4v) is 10.2. The molecule has 5 saturated heterocycles. The van der Waals surface area contributed by atoms with Crippen molar-refractivity contribution in [3.05, 3.63) is 0 Å². The third kappa shape index (κ3) is 6.68. The number of carboxylic acids is 1. The van der Waals surface area contributed by atoms with Crippen molar-refractivity contribution in [1.29, 1.82) is 0 Å². The van der Waals surface area contributed by atoms with Gasteiger partial charge in [0.25, 0.3) is 0 Å². The zero-order chi connectivity index (χ0) is 34.7. The van der Waals surface area contributed by atoms with Crippen LogP contribution in [0.1, 0.15) is 120 Å². The van der Waals surface area contributed by atoms with E-state index in [1.54, 1.807) is 6.92 Å². The molecule has 5 rings (SSSR count). The Morgan fingerprint density at radius 2 is 1.68 bits per heavy atom. The van der Waals surface area contributed by atoms with E-state index >= 15 is 0 Å². The van der Waals surface area contributed by atoms with Gasteiger partial charge in [-0.2, -0.15) is 0 Å². The van der Waals surface area contributed by atoms with Crippen LogP contribution in [0, 0.1) is 35.5 Å². The number of carboxylic acid groups (broad SMARTS) is 1. The fourth-order valence-electron chi connectivity index (χ4n) is 10.2. The monoisotopic (exact) mass is 668 g/mol. The highest BCUT2D eigenvalue weighted by molar-refractivity contribution is 5.70. The van der Waals surface area contributed by atoms with Gasteiger partial charge < -0.3 is 43.7 Å². The zero-order valence-electron chi connectivity index (χ0n) is 30.6. The van der Waals surface area contributed by atoms with Gasteiger partial charge in [0.05, 0.1) is 59.8 Å². The van der Waals surface area contributed by atoms with Crippen molar-refractivity contribution < 1.29 is 48.5 Å². The maximum Gasteiger partial charge on any atom is 0.308 e. The van der Waals surface area contributed by atoms with Crippen LogP contribution in [0.5, 0.6) is 0 Å². The second-order valence-electron chi connectivity index (χ2n) is 16.5. The van der Waals surface area contributed by atoms with E-state index in [-0.39, 0.29) is 54.0 Å². The Morgan fingerprint density at radius 3 is 2.30 bits per heavy atom. The molecule has 5 aliphatic heterocycles. The fraction of sp³-hybridized carbons (Fsp3) is 0.973.